The maximum Gasteiger partial charge on any atom is 0.142 e. The van der Waals surface area contributed by atoms with E-state index in [4.69, 9.17) is 0 Å². The van der Waals surface area contributed by atoms with E-state index in [1.54, 1.807) is 6.20 Å². The monoisotopic (exact) mass is 347 g/mol. The molecule has 24 heavy (non-hydrogen) atoms. The number of hydrogen-bond acceptors (Lipinski definition) is 5. The predicted octanol–water partition coefficient (Wildman–Crippen LogP) is 3.31. The van der Waals surface area contributed by atoms with Gasteiger partial charge in [-0.3, -0.25) is 4.98 Å². The number of rotatable bonds is 6. The van der Waals surface area contributed by atoms with Crippen molar-refractivity contribution in [1.82, 2.24) is 15.3 Å². The summed E-state index contributed by atoms with van der Waals surface area (Å²) in [6.45, 7) is 0.408. The van der Waals surface area contributed by atoms with E-state index in [1.807, 2.05) is 23.6 Å². The first-order chi connectivity index (χ1) is 11.6. The number of benzene rings is 1. The van der Waals surface area contributed by atoms with Crippen LogP contribution in [0.15, 0.2) is 48.0 Å². The summed E-state index contributed by atoms with van der Waals surface area (Å²) in [6.07, 6.45) is 0.439. The van der Waals surface area contributed by atoms with Crippen molar-refractivity contribution in [2.24, 2.45) is 0 Å². The van der Waals surface area contributed by atoms with Gasteiger partial charge in [-0.25, -0.2) is 13.8 Å². The second kappa shape index (κ2) is 7.57. The zero-order valence-electron chi connectivity index (χ0n) is 12.6. The van der Waals surface area contributed by atoms with Gasteiger partial charge in [0.1, 0.15) is 16.6 Å². The molecule has 3 rings (SSSR count). The fourth-order valence-electron chi connectivity index (χ4n) is 2.26. The van der Waals surface area contributed by atoms with Crippen LogP contribution < -0.4 is 5.32 Å². The highest BCUT2D eigenvalue weighted by atomic mass is 32.1. The third-order valence-corrected chi connectivity index (χ3v) is 4.33. The highest BCUT2D eigenvalue weighted by molar-refractivity contribution is 7.13. The molecule has 0 saturated carbocycles. The molecule has 1 atom stereocenters. The molecule has 7 heteroatoms. The van der Waals surface area contributed by atoms with Crippen molar-refractivity contribution in [2.45, 2.75) is 12.6 Å². The highest BCUT2D eigenvalue weighted by Gasteiger charge is 2.17. The summed E-state index contributed by atoms with van der Waals surface area (Å²) in [5.74, 6) is -1.51. The molecule has 0 fully saturated rings. The third kappa shape index (κ3) is 3.81. The Morgan fingerprint density at radius 3 is 2.62 bits per heavy atom. The molecule has 2 aromatic heterocycles. The number of aromatic nitrogens is 2. The molecule has 0 bridgehead atoms. The molecule has 1 unspecified atom stereocenters. The Kier molecular flexibility index (Phi) is 5.24. The number of nitrogens with zero attached hydrogens (tertiary/aromatic N) is 2. The van der Waals surface area contributed by atoms with Gasteiger partial charge in [0.05, 0.1) is 23.1 Å². The molecule has 1 aromatic carbocycles. The average molecular weight is 347 g/mol. The molecule has 124 valence electrons. The Morgan fingerprint density at radius 1 is 1.12 bits per heavy atom. The predicted molar refractivity (Wildman–Crippen MR) is 88.4 cm³/mol. The van der Waals surface area contributed by atoms with E-state index in [9.17, 15) is 13.9 Å². The van der Waals surface area contributed by atoms with Crippen LogP contribution in [0.3, 0.4) is 0 Å². The lowest BCUT2D eigenvalue weighted by Crippen LogP contribution is -2.22. The second-order valence-corrected chi connectivity index (χ2v) is 6.00. The maximum atomic E-state index is 13.6. The standard InChI is InChI=1S/C17H15F2N3OS/c18-12-4-3-5-13(19)16(12)15(23)9-20-8-11-10-24-17(22-11)14-6-1-2-7-21-14/h1-7,10,15,20,23H,8-9H2. The van der Waals surface area contributed by atoms with E-state index in [0.717, 1.165) is 28.5 Å². The molecule has 0 spiro atoms. The minimum atomic E-state index is -1.26. The van der Waals surface area contributed by atoms with Crippen LogP contribution in [-0.4, -0.2) is 21.6 Å². The van der Waals surface area contributed by atoms with Crippen molar-refractivity contribution < 1.29 is 13.9 Å². The second-order valence-electron chi connectivity index (χ2n) is 5.14. The van der Waals surface area contributed by atoms with E-state index in [-0.39, 0.29) is 12.1 Å². The van der Waals surface area contributed by atoms with E-state index in [1.165, 1.54) is 17.4 Å². The summed E-state index contributed by atoms with van der Waals surface area (Å²) >= 11 is 1.47. The van der Waals surface area contributed by atoms with Crippen LogP contribution in [-0.2, 0) is 6.54 Å². The van der Waals surface area contributed by atoms with E-state index < -0.39 is 17.7 Å². The van der Waals surface area contributed by atoms with Crippen LogP contribution in [0.1, 0.15) is 17.4 Å². The zero-order valence-corrected chi connectivity index (χ0v) is 13.4. The molecule has 0 aliphatic rings. The van der Waals surface area contributed by atoms with E-state index in [2.05, 4.69) is 15.3 Å². The molecular formula is C17H15F2N3OS. The van der Waals surface area contributed by atoms with Crippen molar-refractivity contribution in [1.29, 1.82) is 0 Å². The molecule has 2 N–H and O–H groups in total. The quantitative estimate of drug-likeness (QED) is 0.718. The maximum absolute atomic E-state index is 13.6. The van der Waals surface area contributed by atoms with Crippen LogP contribution in [0.4, 0.5) is 8.78 Å². The van der Waals surface area contributed by atoms with Gasteiger partial charge in [0, 0.05) is 24.7 Å². The van der Waals surface area contributed by atoms with Gasteiger partial charge in [0.25, 0.3) is 0 Å². The molecule has 0 aliphatic heterocycles. The van der Waals surface area contributed by atoms with Gasteiger partial charge in [-0.05, 0) is 24.3 Å². The zero-order chi connectivity index (χ0) is 16.9. The van der Waals surface area contributed by atoms with Gasteiger partial charge in [-0.15, -0.1) is 11.3 Å². The number of nitrogens with one attached hydrogen (secondary N) is 1. The molecular weight excluding hydrogens is 332 g/mol. The largest absolute Gasteiger partial charge is 0.387 e. The highest BCUT2D eigenvalue weighted by Crippen LogP contribution is 2.22. The van der Waals surface area contributed by atoms with Crippen LogP contribution >= 0.6 is 11.3 Å². The Balaban J connectivity index is 1.58. The number of thiazole rings is 1. The van der Waals surface area contributed by atoms with Crippen molar-refractivity contribution in [3.05, 3.63) is 70.9 Å². The summed E-state index contributed by atoms with van der Waals surface area (Å²) in [4.78, 5) is 8.68. The van der Waals surface area contributed by atoms with Crippen molar-refractivity contribution >= 4 is 11.3 Å². The number of halogens is 2. The van der Waals surface area contributed by atoms with Crippen LogP contribution in [0, 0.1) is 11.6 Å². The first-order valence-electron chi connectivity index (χ1n) is 7.33. The summed E-state index contributed by atoms with van der Waals surface area (Å²) in [5, 5.41) is 15.6. The number of aliphatic hydroxyl groups is 1. The number of hydrogen-bond donors (Lipinski definition) is 2. The summed E-state index contributed by atoms with van der Waals surface area (Å²) in [6, 6.07) is 9.12. The minimum absolute atomic E-state index is 0.0221. The fraction of sp³-hybridized carbons (Fsp3) is 0.176. The first kappa shape index (κ1) is 16.6. The SMILES string of the molecule is OC(CNCc1csc(-c2ccccn2)n1)c1c(F)cccc1F. The normalized spacial score (nSPS) is 12.3. The Labute approximate surface area is 141 Å². The van der Waals surface area contributed by atoms with E-state index >= 15 is 0 Å². The molecule has 4 nitrogen and oxygen atoms in total. The number of pyridine rings is 1. The fourth-order valence-corrected chi connectivity index (χ4v) is 3.06. The van der Waals surface area contributed by atoms with Gasteiger partial charge >= 0.3 is 0 Å². The first-order valence-corrected chi connectivity index (χ1v) is 8.21. The Bertz CT molecular complexity index is 790. The van der Waals surface area contributed by atoms with Crippen LogP contribution in [0.5, 0.6) is 0 Å². The van der Waals surface area contributed by atoms with Gasteiger partial charge < -0.3 is 10.4 Å². The third-order valence-electron chi connectivity index (χ3n) is 3.41. The lowest BCUT2D eigenvalue weighted by Gasteiger charge is -2.13. The summed E-state index contributed by atoms with van der Waals surface area (Å²) < 4.78 is 27.2. The van der Waals surface area contributed by atoms with Crippen molar-refractivity contribution in [3.63, 3.8) is 0 Å². The van der Waals surface area contributed by atoms with E-state index in [0.29, 0.717) is 6.54 Å². The van der Waals surface area contributed by atoms with Gasteiger partial charge in [-0.1, -0.05) is 12.1 Å². The molecule has 0 aliphatic carbocycles. The van der Waals surface area contributed by atoms with Crippen molar-refractivity contribution in [3.8, 4) is 10.7 Å². The number of aliphatic hydroxyl groups excluding tert-OH is 1. The molecule has 2 heterocycles. The molecule has 0 saturated heterocycles. The molecule has 0 radical (unpaired) electrons. The Morgan fingerprint density at radius 2 is 1.92 bits per heavy atom. The average Bonchev–Trinajstić information content (AvgIpc) is 3.04. The summed E-state index contributed by atoms with van der Waals surface area (Å²) in [5.41, 5.74) is 1.25. The van der Waals surface area contributed by atoms with Gasteiger partial charge in [-0.2, -0.15) is 0 Å². The summed E-state index contributed by atoms with van der Waals surface area (Å²) in [7, 11) is 0. The molecule has 0 amide bonds. The lowest BCUT2D eigenvalue weighted by atomic mass is 10.1. The topological polar surface area (TPSA) is 58.0 Å². The van der Waals surface area contributed by atoms with Gasteiger partial charge in [0.2, 0.25) is 0 Å². The molecule has 3 aromatic rings. The van der Waals surface area contributed by atoms with Gasteiger partial charge in [0.15, 0.2) is 0 Å². The Hall–Kier alpha value is -2.22. The lowest BCUT2D eigenvalue weighted by molar-refractivity contribution is 0.164. The van der Waals surface area contributed by atoms with Crippen LogP contribution in [0.2, 0.25) is 0 Å². The van der Waals surface area contributed by atoms with Crippen molar-refractivity contribution in [2.75, 3.05) is 6.54 Å². The van der Waals surface area contributed by atoms with Crippen LogP contribution in [0.25, 0.3) is 10.7 Å². The minimum Gasteiger partial charge on any atom is -0.387 e. The smallest absolute Gasteiger partial charge is 0.142 e.